The third kappa shape index (κ3) is 2.42. The lowest BCUT2D eigenvalue weighted by Gasteiger charge is -2.32. The summed E-state index contributed by atoms with van der Waals surface area (Å²) in [5, 5.41) is 2.84. The number of ether oxygens (including phenoxy) is 2. The summed E-state index contributed by atoms with van der Waals surface area (Å²) >= 11 is 0. The van der Waals surface area contributed by atoms with E-state index >= 15 is 0 Å². The molecule has 1 amide bonds. The molecule has 0 radical (unpaired) electrons. The van der Waals surface area contributed by atoms with E-state index in [9.17, 15) is 4.79 Å². The van der Waals surface area contributed by atoms with Gasteiger partial charge in [0.25, 0.3) is 0 Å². The zero-order chi connectivity index (χ0) is 11.7. The van der Waals surface area contributed by atoms with E-state index in [4.69, 9.17) is 9.47 Å². The first kappa shape index (κ1) is 10.6. The number of alkyl carbamates (subject to hydrolysis) is 1. The highest BCUT2D eigenvalue weighted by molar-refractivity contribution is 5.67. The van der Waals surface area contributed by atoms with Gasteiger partial charge in [-0.2, -0.15) is 0 Å². The van der Waals surface area contributed by atoms with Crippen molar-refractivity contribution in [3.8, 4) is 0 Å². The van der Waals surface area contributed by atoms with Gasteiger partial charge in [-0.1, -0.05) is 30.3 Å². The number of nitrogens with one attached hydrogen (secondary N) is 1. The van der Waals surface area contributed by atoms with E-state index < -0.39 is 0 Å². The predicted octanol–water partition coefficient (Wildman–Crippen LogP) is 1.84. The molecule has 2 aliphatic rings. The Kier molecular flexibility index (Phi) is 2.52. The number of hydrogen-bond donors (Lipinski definition) is 1. The number of carbonyl (C=O) groups excluding carboxylic acids is 1. The van der Waals surface area contributed by atoms with Gasteiger partial charge in [0.2, 0.25) is 0 Å². The zero-order valence-corrected chi connectivity index (χ0v) is 9.52. The van der Waals surface area contributed by atoms with E-state index in [2.05, 4.69) is 5.32 Å². The molecule has 90 valence electrons. The van der Waals surface area contributed by atoms with Crippen LogP contribution < -0.4 is 5.32 Å². The summed E-state index contributed by atoms with van der Waals surface area (Å²) in [7, 11) is 0. The second-order valence-corrected chi connectivity index (χ2v) is 4.78. The molecule has 1 saturated carbocycles. The molecule has 1 aliphatic carbocycles. The second kappa shape index (κ2) is 4.04. The lowest BCUT2D eigenvalue weighted by Crippen LogP contribution is -2.49. The number of amides is 1. The Bertz CT molecular complexity index is 406. The topological polar surface area (TPSA) is 50.9 Å². The first-order valence-electron chi connectivity index (χ1n) is 5.87. The van der Waals surface area contributed by atoms with Gasteiger partial charge in [-0.25, -0.2) is 4.79 Å². The molecule has 1 aliphatic heterocycles. The largest absolute Gasteiger partial charge is 0.445 e. The van der Waals surface area contributed by atoms with Gasteiger partial charge in [-0.3, -0.25) is 0 Å². The Labute approximate surface area is 99.9 Å². The van der Waals surface area contributed by atoms with Crippen LogP contribution in [0.15, 0.2) is 30.3 Å². The van der Waals surface area contributed by atoms with Crippen LogP contribution in [0, 0.1) is 0 Å². The number of rotatable bonds is 3. The molecule has 1 aromatic carbocycles. The maximum Gasteiger partial charge on any atom is 0.407 e. The van der Waals surface area contributed by atoms with Crippen LogP contribution in [0.2, 0.25) is 0 Å². The van der Waals surface area contributed by atoms with Crippen molar-refractivity contribution >= 4 is 6.09 Å². The first-order chi connectivity index (χ1) is 8.26. The van der Waals surface area contributed by atoms with Crippen molar-refractivity contribution in [3.63, 3.8) is 0 Å². The van der Waals surface area contributed by atoms with Gasteiger partial charge in [0.1, 0.15) is 6.61 Å². The monoisotopic (exact) mass is 233 g/mol. The lowest BCUT2D eigenvalue weighted by atomic mass is 9.80. The Balaban J connectivity index is 1.39. The van der Waals surface area contributed by atoms with Gasteiger partial charge in [0.05, 0.1) is 12.2 Å². The summed E-state index contributed by atoms with van der Waals surface area (Å²) in [4.78, 5) is 11.5. The highest BCUT2D eigenvalue weighted by Crippen LogP contribution is 2.46. The summed E-state index contributed by atoms with van der Waals surface area (Å²) in [6, 6.07) is 9.88. The molecule has 1 aromatic rings. The van der Waals surface area contributed by atoms with Crippen LogP contribution in [0.1, 0.15) is 18.4 Å². The van der Waals surface area contributed by atoms with Crippen LogP contribution in [0.5, 0.6) is 0 Å². The van der Waals surface area contributed by atoms with Crippen LogP contribution in [0.4, 0.5) is 4.79 Å². The van der Waals surface area contributed by atoms with Crippen molar-refractivity contribution in [2.45, 2.75) is 31.1 Å². The summed E-state index contributed by atoms with van der Waals surface area (Å²) in [5.74, 6) is 0. The quantitative estimate of drug-likeness (QED) is 0.810. The summed E-state index contributed by atoms with van der Waals surface area (Å²) < 4.78 is 10.4. The molecule has 1 N–H and O–H groups in total. The van der Waals surface area contributed by atoms with Crippen molar-refractivity contribution in [1.29, 1.82) is 0 Å². The number of benzene rings is 1. The van der Waals surface area contributed by atoms with E-state index in [1.807, 2.05) is 30.3 Å². The third-order valence-corrected chi connectivity index (χ3v) is 3.32. The molecule has 17 heavy (non-hydrogen) atoms. The van der Waals surface area contributed by atoms with Crippen LogP contribution in [-0.2, 0) is 16.1 Å². The smallest absolute Gasteiger partial charge is 0.407 e. The molecule has 4 nitrogen and oxygen atoms in total. The van der Waals surface area contributed by atoms with Crippen LogP contribution in [0.25, 0.3) is 0 Å². The van der Waals surface area contributed by atoms with Gasteiger partial charge in [-0.05, 0) is 18.4 Å². The molecule has 0 bridgehead atoms. The van der Waals surface area contributed by atoms with E-state index in [-0.39, 0.29) is 17.7 Å². The Morgan fingerprint density at radius 2 is 2.12 bits per heavy atom. The maximum absolute atomic E-state index is 11.5. The highest BCUT2D eigenvalue weighted by atomic mass is 16.6. The summed E-state index contributed by atoms with van der Waals surface area (Å²) in [6.45, 7) is 1.17. The fraction of sp³-hybridized carbons (Fsp3) is 0.462. The predicted molar refractivity (Wildman–Crippen MR) is 61.5 cm³/mol. The Hall–Kier alpha value is -1.55. The van der Waals surface area contributed by atoms with Gasteiger partial charge in [0, 0.05) is 6.04 Å². The molecule has 1 heterocycles. The number of hydrogen-bond acceptors (Lipinski definition) is 3. The maximum atomic E-state index is 11.5. The molecule has 1 spiro atoms. The molecule has 1 saturated heterocycles. The van der Waals surface area contributed by atoms with Crippen molar-refractivity contribution in [2.24, 2.45) is 0 Å². The van der Waals surface area contributed by atoms with E-state index in [0.717, 1.165) is 25.0 Å². The van der Waals surface area contributed by atoms with Crippen molar-refractivity contribution in [1.82, 2.24) is 5.32 Å². The minimum Gasteiger partial charge on any atom is -0.445 e. The molecule has 0 aromatic heterocycles. The fourth-order valence-electron chi connectivity index (χ4n) is 2.21. The molecule has 4 heteroatoms. The minimum absolute atomic E-state index is 0.122. The van der Waals surface area contributed by atoms with Crippen molar-refractivity contribution in [2.75, 3.05) is 6.61 Å². The van der Waals surface area contributed by atoms with E-state index in [0.29, 0.717) is 6.61 Å². The van der Waals surface area contributed by atoms with Crippen LogP contribution in [0.3, 0.4) is 0 Å². The van der Waals surface area contributed by atoms with Crippen molar-refractivity contribution in [3.05, 3.63) is 35.9 Å². The van der Waals surface area contributed by atoms with Crippen LogP contribution >= 0.6 is 0 Å². The highest BCUT2D eigenvalue weighted by Gasteiger charge is 2.55. The molecule has 0 unspecified atom stereocenters. The zero-order valence-electron chi connectivity index (χ0n) is 9.52. The first-order valence-corrected chi connectivity index (χ1v) is 5.87. The SMILES string of the molecule is O=C(NC1CC2(CO2)C1)OCc1ccccc1. The summed E-state index contributed by atoms with van der Waals surface area (Å²) in [5.41, 5.74) is 1.12. The van der Waals surface area contributed by atoms with Gasteiger partial charge >= 0.3 is 6.09 Å². The fourth-order valence-corrected chi connectivity index (χ4v) is 2.21. The Morgan fingerprint density at radius 3 is 2.76 bits per heavy atom. The average molecular weight is 233 g/mol. The van der Waals surface area contributed by atoms with Gasteiger partial charge < -0.3 is 14.8 Å². The molecule has 2 fully saturated rings. The minimum atomic E-state index is -0.339. The molecule has 0 atom stereocenters. The van der Waals surface area contributed by atoms with Gasteiger partial charge in [-0.15, -0.1) is 0 Å². The van der Waals surface area contributed by atoms with Crippen molar-refractivity contribution < 1.29 is 14.3 Å². The number of carbonyl (C=O) groups is 1. The normalized spacial score (nSPS) is 29.5. The molecular weight excluding hydrogens is 218 g/mol. The molecule has 3 rings (SSSR count). The van der Waals surface area contributed by atoms with E-state index in [1.54, 1.807) is 0 Å². The summed E-state index contributed by atoms with van der Waals surface area (Å²) in [6.07, 6.45) is 1.51. The third-order valence-electron chi connectivity index (χ3n) is 3.32. The lowest BCUT2D eigenvalue weighted by molar-refractivity contribution is 0.109. The average Bonchev–Trinajstić information content (AvgIpc) is 3.08. The Morgan fingerprint density at radius 1 is 1.41 bits per heavy atom. The van der Waals surface area contributed by atoms with Gasteiger partial charge in [0.15, 0.2) is 0 Å². The van der Waals surface area contributed by atoms with Crippen LogP contribution in [-0.4, -0.2) is 24.3 Å². The standard InChI is InChI=1S/C13H15NO3/c15-12(14-11-6-13(7-11)9-17-13)16-8-10-4-2-1-3-5-10/h1-5,11H,6-9H2,(H,14,15). The van der Waals surface area contributed by atoms with E-state index in [1.165, 1.54) is 0 Å². The second-order valence-electron chi connectivity index (χ2n) is 4.78. The number of epoxide rings is 1. The molecular formula is C13H15NO3.